The van der Waals surface area contributed by atoms with Crippen molar-refractivity contribution in [3.63, 3.8) is 0 Å². The maximum Gasteiger partial charge on any atom is 0.0762 e. The van der Waals surface area contributed by atoms with Crippen LogP contribution in [0, 0.1) is 0 Å². The quantitative estimate of drug-likeness (QED) is 0.753. The first-order valence-corrected chi connectivity index (χ1v) is 7.95. The third-order valence-corrected chi connectivity index (χ3v) is 4.33. The van der Waals surface area contributed by atoms with Crippen molar-refractivity contribution in [3.8, 4) is 0 Å². The van der Waals surface area contributed by atoms with Crippen LogP contribution in [0.2, 0.25) is 0 Å². The second kappa shape index (κ2) is 5.75. The summed E-state index contributed by atoms with van der Waals surface area (Å²) in [5.41, 5.74) is 4.21. The van der Waals surface area contributed by atoms with Crippen LogP contribution in [-0.4, -0.2) is 14.8 Å². The van der Waals surface area contributed by atoms with Gasteiger partial charge in [-0.3, -0.25) is 0 Å². The SMILES string of the molecule is CCCn1c2ccc(C(C)O)cc2c2cc(C(C)O)ccc21. The summed E-state index contributed by atoms with van der Waals surface area (Å²) in [6.45, 7) is 6.70. The van der Waals surface area contributed by atoms with E-state index < -0.39 is 12.2 Å². The van der Waals surface area contributed by atoms with E-state index in [9.17, 15) is 10.2 Å². The highest BCUT2D eigenvalue weighted by atomic mass is 16.3. The van der Waals surface area contributed by atoms with E-state index in [1.165, 1.54) is 11.0 Å². The Balaban J connectivity index is 2.36. The molecule has 0 aliphatic carbocycles. The van der Waals surface area contributed by atoms with Gasteiger partial charge in [0.1, 0.15) is 0 Å². The fourth-order valence-corrected chi connectivity index (χ4v) is 3.12. The van der Waals surface area contributed by atoms with Crippen LogP contribution in [0.15, 0.2) is 36.4 Å². The number of rotatable bonds is 4. The summed E-state index contributed by atoms with van der Waals surface area (Å²) in [6.07, 6.45) is 0.109. The third-order valence-electron chi connectivity index (χ3n) is 4.33. The second-order valence-corrected chi connectivity index (χ2v) is 6.06. The van der Waals surface area contributed by atoms with Crippen LogP contribution in [-0.2, 0) is 6.54 Å². The molecule has 0 radical (unpaired) electrons. The molecular formula is C19H23NO2. The molecule has 2 atom stereocenters. The number of benzene rings is 2. The van der Waals surface area contributed by atoms with Crippen LogP contribution in [0.1, 0.15) is 50.5 Å². The van der Waals surface area contributed by atoms with E-state index in [0.717, 1.165) is 34.9 Å². The first kappa shape index (κ1) is 15.1. The van der Waals surface area contributed by atoms with Gasteiger partial charge in [-0.1, -0.05) is 19.1 Å². The maximum atomic E-state index is 9.86. The molecule has 0 saturated heterocycles. The van der Waals surface area contributed by atoms with E-state index in [2.05, 4.69) is 35.8 Å². The van der Waals surface area contributed by atoms with Crippen molar-refractivity contribution in [2.24, 2.45) is 0 Å². The van der Waals surface area contributed by atoms with Crippen molar-refractivity contribution >= 4 is 21.8 Å². The summed E-state index contributed by atoms with van der Waals surface area (Å²) >= 11 is 0. The van der Waals surface area contributed by atoms with Crippen LogP contribution in [0.4, 0.5) is 0 Å². The van der Waals surface area contributed by atoms with Gasteiger partial charge in [0.15, 0.2) is 0 Å². The van der Waals surface area contributed by atoms with E-state index in [1.807, 2.05) is 12.1 Å². The number of aryl methyl sites for hydroxylation is 1. The molecule has 2 aromatic carbocycles. The van der Waals surface area contributed by atoms with E-state index in [1.54, 1.807) is 13.8 Å². The highest BCUT2D eigenvalue weighted by molar-refractivity contribution is 6.08. The third kappa shape index (κ3) is 2.40. The molecular weight excluding hydrogens is 274 g/mol. The van der Waals surface area contributed by atoms with Gasteiger partial charge in [0.05, 0.1) is 12.2 Å². The normalized spacial score (nSPS) is 14.6. The van der Waals surface area contributed by atoms with Crippen molar-refractivity contribution < 1.29 is 10.2 Å². The summed E-state index contributed by atoms with van der Waals surface area (Å²) in [5.74, 6) is 0. The molecule has 2 N–H and O–H groups in total. The number of aliphatic hydroxyl groups excluding tert-OH is 2. The Bertz CT molecular complexity index is 750. The average molecular weight is 297 g/mol. The van der Waals surface area contributed by atoms with Crippen LogP contribution in [0.5, 0.6) is 0 Å². The Morgan fingerprint density at radius 2 is 1.32 bits per heavy atom. The first-order chi connectivity index (χ1) is 10.5. The molecule has 3 heteroatoms. The molecule has 3 aromatic rings. The molecule has 0 aliphatic rings. The minimum Gasteiger partial charge on any atom is -0.389 e. The summed E-state index contributed by atoms with van der Waals surface area (Å²) in [6, 6.07) is 12.3. The lowest BCUT2D eigenvalue weighted by Crippen LogP contribution is -1.97. The lowest BCUT2D eigenvalue weighted by atomic mass is 10.0. The minimum atomic E-state index is -0.478. The highest BCUT2D eigenvalue weighted by Crippen LogP contribution is 2.33. The smallest absolute Gasteiger partial charge is 0.0762 e. The summed E-state index contributed by atoms with van der Waals surface area (Å²) < 4.78 is 2.32. The van der Waals surface area contributed by atoms with Gasteiger partial charge in [-0.2, -0.15) is 0 Å². The zero-order valence-electron chi connectivity index (χ0n) is 13.4. The standard InChI is InChI=1S/C19H23NO2/c1-4-9-20-18-7-5-14(12(2)21)10-16(18)17-11-15(13(3)22)6-8-19(17)20/h5-8,10-13,21-22H,4,9H2,1-3H3. The topological polar surface area (TPSA) is 45.4 Å². The van der Waals surface area contributed by atoms with Gasteiger partial charge in [0.2, 0.25) is 0 Å². The van der Waals surface area contributed by atoms with E-state index >= 15 is 0 Å². The fourth-order valence-electron chi connectivity index (χ4n) is 3.12. The summed E-state index contributed by atoms with van der Waals surface area (Å²) in [4.78, 5) is 0. The first-order valence-electron chi connectivity index (χ1n) is 7.95. The molecule has 3 nitrogen and oxygen atoms in total. The molecule has 0 aliphatic heterocycles. The molecule has 1 aromatic heterocycles. The monoisotopic (exact) mass is 297 g/mol. The lowest BCUT2D eigenvalue weighted by molar-refractivity contribution is 0.199. The Hall–Kier alpha value is -1.84. The van der Waals surface area contributed by atoms with Crippen molar-refractivity contribution in [3.05, 3.63) is 47.5 Å². The van der Waals surface area contributed by atoms with E-state index in [-0.39, 0.29) is 0 Å². The van der Waals surface area contributed by atoms with Crippen molar-refractivity contribution in [1.82, 2.24) is 4.57 Å². The lowest BCUT2D eigenvalue weighted by Gasteiger charge is -2.07. The van der Waals surface area contributed by atoms with E-state index in [4.69, 9.17) is 0 Å². The molecule has 0 spiro atoms. The largest absolute Gasteiger partial charge is 0.389 e. The van der Waals surface area contributed by atoms with E-state index in [0.29, 0.717) is 0 Å². The van der Waals surface area contributed by atoms with Gasteiger partial charge in [0, 0.05) is 28.4 Å². The predicted molar refractivity (Wildman–Crippen MR) is 91.0 cm³/mol. The number of hydrogen-bond donors (Lipinski definition) is 2. The number of aliphatic hydroxyl groups is 2. The molecule has 22 heavy (non-hydrogen) atoms. The molecule has 0 amide bonds. The maximum absolute atomic E-state index is 9.86. The van der Waals surface area contributed by atoms with Crippen LogP contribution in [0.3, 0.4) is 0 Å². The fraction of sp³-hybridized carbons (Fsp3) is 0.368. The number of aromatic nitrogens is 1. The van der Waals surface area contributed by atoms with Crippen molar-refractivity contribution in [1.29, 1.82) is 0 Å². The molecule has 116 valence electrons. The van der Waals surface area contributed by atoms with Crippen molar-refractivity contribution in [2.45, 2.75) is 45.9 Å². The molecule has 3 rings (SSSR count). The number of hydrogen-bond acceptors (Lipinski definition) is 2. The van der Waals surface area contributed by atoms with Gasteiger partial charge in [0.25, 0.3) is 0 Å². The zero-order chi connectivity index (χ0) is 15.9. The predicted octanol–water partition coefficient (Wildman–Crippen LogP) is 4.31. The van der Waals surface area contributed by atoms with Gasteiger partial charge >= 0.3 is 0 Å². The van der Waals surface area contributed by atoms with Gasteiger partial charge in [-0.15, -0.1) is 0 Å². The Labute approximate surface area is 130 Å². The summed E-state index contributed by atoms with van der Waals surface area (Å²) in [7, 11) is 0. The molecule has 0 fully saturated rings. The zero-order valence-corrected chi connectivity index (χ0v) is 13.4. The highest BCUT2D eigenvalue weighted by Gasteiger charge is 2.13. The molecule has 0 saturated carbocycles. The van der Waals surface area contributed by atoms with Gasteiger partial charge in [-0.25, -0.2) is 0 Å². The molecule has 0 bridgehead atoms. The van der Waals surface area contributed by atoms with Crippen LogP contribution < -0.4 is 0 Å². The summed E-state index contributed by atoms with van der Waals surface area (Å²) in [5, 5.41) is 22.0. The van der Waals surface area contributed by atoms with Gasteiger partial charge < -0.3 is 14.8 Å². The minimum absolute atomic E-state index is 0.478. The Kier molecular flexibility index (Phi) is 3.94. The van der Waals surface area contributed by atoms with Crippen molar-refractivity contribution in [2.75, 3.05) is 0 Å². The average Bonchev–Trinajstić information content (AvgIpc) is 2.81. The number of fused-ring (bicyclic) bond motifs is 3. The number of nitrogens with zero attached hydrogens (tertiary/aromatic N) is 1. The van der Waals surface area contributed by atoms with Gasteiger partial charge in [-0.05, 0) is 55.7 Å². The van der Waals surface area contributed by atoms with Crippen LogP contribution >= 0.6 is 0 Å². The molecule has 2 unspecified atom stereocenters. The molecule has 1 heterocycles. The Morgan fingerprint density at radius 3 is 1.68 bits per heavy atom. The van der Waals surface area contributed by atoms with Crippen LogP contribution in [0.25, 0.3) is 21.8 Å². The second-order valence-electron chi connectivity index (χ2n) is 6.06. The Morgan fingerprint density at radius 1 is 0.864 bits per heavy atom.